The monoisotopic (exact) mass is 362 g/mol. The summed E-state index contributed by atoms with van der Waals surface area (Å²) in [4.78, 5) is 23.6. The van der Waals surface area contributed by atoms with Crippen LogP contribution in [-0.2, 0) is 16.1 Å². The summed E-state index contributed by atoms with van der Waals surface area (Å²) in [5, 5.41) is 5.12. The fraction of sp³-hybridized carbons (Fsp3) is 0.125. The predicted octanol–water partition coefficient (Wildman–Crippen LogP) is 2.71. The van der Waals surface area contributed by atoms with Crippen molar-refractivity contribution in [2.24, 2.45) is 0 Å². The molecule has 0 saturated heterocycles. The Morgan fingerprint density at radius 3 is 2.36 bits per heavy atom. The molecule has 114 valence electrons. The highest BCUT2D eigenvalue weighted by Crippen LogP contribution is 2.20. The number of hydrogen-bond donors (Lipinski definition) is 2. The summed E-state index contributed by atoms with van der Waals surface area (Å²) in [6.45, 7) is 0.270. The van der Waals surface area contributed by atoms with Gasteiger partial charge in [0.25, 0.3) is 0 Å². The molecule has 0 bridgehead atoms. The number of nitrogens with one attached hydrogen (secondary N) is 2. The molecule has 0 aliphatic heterocycles. The number of amides is 2. The molecule has 2 N–H and O–H groups in total. The second-order valence-corrected chi connectivity index (χ2v) is 5.32. The van der Waals surface area contributed by atoms with E-state index >= 15 is 0 Å². The van der Waals surface area contributed by atoms with Crippen molar-refractivity contribution in [1.29, 1.82) is 0 Å². The van der Waals surface area contributed by atoms with Crippen LogP contribution in [0, 0.1) is 0 Å². The Morgan fingerprint density at radius 1 is 1.05 bits per heavy atom. The van der Waals surface area contributed by atoms with Crippen molar-refractivity contribution in [2.45, 2.75) is 6.54 Å². The highest BCUT2D eigenvalue weighted by molar-refractivity contribution is 9.10. The Hall–Kier alpha value is -2.34. The van der Waals surface area contributed by atoms with Gasteiger partial charge in [-0.3, -0.25) is 9.59 Å². The lowest BCUT2D eigenvalue weighted by atomic mass is 10.2. The minimum atomic E-state index is -0.708. The fourth-order valence-electron chi connectivity index (χ4n) is 1.75. The number of para-hydroxylation sites is 1. The summed E-state index contributed by atoms with van der Waals surface area (Å²) in [6, 6.07) is 14.3. The molecule has 2 amide bonds. The van der Waals surface area contributed by atoms with Crippen LogP contribution >= 0.6 is 15.9 Å². The fourth-order valence-corrected chi connectivity index (χ4v) is 2.13. The number of carbonyl (C=O) groups excluding carboxylic acids is 2. The van der Waals surface area contributed by atoms with E-state index in [2.05, 4.69) is 26.6 Å². The quantitative estimate of drug-likeness (QED) is 0.821. The van der Waals surface area contributed by atoms with Gasteiger partial charge in [-0.25, -0.2) is 0 Å². The van der Waals surface area contributed by atoms with E-state index in [1.807, 2.05) is 18.2 Å². The minimum Gasteiger partial charge on any atom is -0.497 e. The molecule has 0 spiro atoms. The zero-order chi connectivity index (χ0) is 15.9. The van der Waals surface area contributed by atoms with Crippen LogP contribution in [0.3, 0.4) is 0 Å². The van der Waals surface area contributed by atoms with Crippen molar-refractivity contribution in [2.75, 3.05) is 12.4 Å². The molecule has 22 heavy (non-hydrogen) atoms. The molecule has 2 aromatic rings. The third-order valence-electron chi connectivity index (χ3n) is 2.94. The third kappa shape index (κ3) is 4.33. The Kier molecular flexibility index (Phi) is 5.55. The third-order valence-corrected chi connectivity index (χ3v) is 3.63. The van der Waals surface area contributed by atoms with Gasteiger partial charge in [-0.2, -0.15) is 0 Å². The Balaban J connectivity index is 1.88. The molecule has 0 atom stereocenters. The first-order chi connectivity index (χ1) is 10.6. The molecule has 5 nitrogen and oxygen atoms in total. The zero-order valence-corrected chi connectivity index (χ0v) is 13.5. The molecular formula is C16H15BrN2O3. The SMILES string of the molecule is COc1ccc(CNC(=O)C(=O)Nc2ccccc2Br)cc1. The van der Waals surface area contributed by atoms with Gasteiger partial charge in [0.2, 0.25) is 0 Å². The molecule has 0 aromatic heterocycles. The number of anilines is 1. The number of benzene rings is 2. The summed E-state index contributed by atoms with van der Waals surface area (Å²) in [7, 11) is 1.59. The molecule has 0 saturated carbocycles. The molecular weight excluding hydrogens is 348 g/mol. The molecule has 2 aromatic carbocycles. The lowest BCUT2D eigenvalue weighted by molar-refractivity contribution is -0.136. The van der Waals surface area contributed by atoms with E-state index in [9.17, 15) is 9.59 Å². The first-order valence-corrected chi connectivity index (χ1v) is 7.36. The van der Waals surface area contributed by atoms with Crippen LogP contribution in [0.4, 0.5) is 5.69 Å². The van der Waals surface area contributed by atoms with Gasteiger partial charge in [0.05, 0.1) is 12.8 Å². The van der Waals surface area contributed by atoms with Crippen molar-refractivity contribution in [1.82, 2.24) is 5.32 Å². The summed E-state index contributed by atoms with van der Waals surface area (Å²) < 4.78 is 5.77. The van der Waals surface area contributed by atoms with Gasteiger partial charge in [-0.15, -0.1) is 0 Å². The zero-order valence-electron chi connectivity index (χ0n) is 11.9. The Bertz CT molecular complexity index is 671. The standard InChI is InChI=1S/C16H15BrN2O3/c1-22-12-8-6-11(7-9-12)10-18-15(20)16(21)19-14-5-3-2-4-13(14)17/h2-9H,10H2,1H3,(H,18,20)(H,19,21). The highest BCUT2D eigenvalue weighted by Gasteiger charge is 2.14. The molecule has 0 unspecified atom stereocenters. The molecule has 0 heterocycles. The average molecular weight is 363 g/mol. The Morgan fingerprint density at radius 2 is 1.73 bits per heavy atom. The van der Waals surface area contributed by atoms with E-state index in [0.717, 1.165) is 11.3 Å². The minimum absolute atomic E-state index is 0.270. The largest absolute Gasteiger partial charge is 0.497 e. The van der Waals surface area contributed by atoms with E-state index in [0.29, 0.717) is 10.2 Å². The van der Waals surface area contributed by atoms with Gasteiger partial charge in [0.1, 0.15) is 5.75 Å². The number of methoxy groups -OCH3 is 1. The van der Waals surface area contributed by atoms with Crippen LogP contribution in [-0.4, -0.2) is 18.9 Å². The van der Waals surface area contributed by atoms with Gasteiger partial charge >= 0.3 is 11.8 Å². The van der Waals surface area contributed by atoms with Gasteiger partial charge in [0, 0.05) is 11.0 Å². The number of rotatable bonds is 4. The van der Waals surface area contributed by atoms with Gasteiger partial charge in [0.15, 0.2) is 0 Å². The van der Waals surface area contributed by atoms with E-state index in [4.69, 9.17) is 4.74 Å². The maximum Gasteiger partial charge on any atom is 0.313 e. The second kappa shape index (κ2) is 7.61. The van der Waals surface area contributed by atoms with Crippen molar-refractivity contribution >= 4 is 33.4 Å². The number of hydrogen-bond acceptors (Lipinski definition) is 3. The smallest absolute Gasteiger partial charge is 0.313 e. The summed E-state index contributed by atoms with van der Waals surface area (Å²) in [5.74, 6) is -0.659. The maximum absolute atomic E-state index is 11.8. The molecule has 0 radical (unpaired) electrons. The van der Waals surface area contributed by atoms with Gasteiger partial charge in [-0.05, 0) is 45.8 Å². The van der Waals surface area contributed by atoms with E-state index in [1.54, 1.807) is 37.4 Å². The van der Waals surface area contributed by atoms with Gasteiger partial charge in [-0.1, -0.05) is 24.3 Å². The van der Waals surface area contributed by atoms with Crippen molar-refractivity contribution in [3.8, 4) is 5.75 Å². The van der Waals surface area contributed by atoms with E-state index in [1.165, 1.54) is 0 Å². The van der Waals surface area contributed by atoms with Crippen LogP contribution in [0.5, 0.6) is 5.75 Å². The molecule has 0 fully saturated rings. The predicted molar refractivity (Wildman–Crippen MR) is 87.6 cm³/mol. The Labute approximate surface area is 136 Å². The topological polar surface area (TPSA) is 67.4 Å². The molecule has 0 aliphatic carbocycles. The first kappa shape index (κ1) is 16.0. The molecule has 6 heteroatoms. The number of carbonyl (C=O) groups is 2. The lowest BCUT2D eigenvalue weighted by Gasteiger charge is -2.08. The number of ether oxygens (including phenoxy) is 1. The summed E-state index contributed by atoms with van der Waals surface area (Å²) >= 11 is 3.30. The summed E-state index contributed by atoms with van der Waals surface area (Å²) in [5.41, 5.74) is 1.43. The van der Waals surface area contributed by atoms with Crippen LogP contribution < -0.4 is 15.4 Å². The van der Waals surface area contributed by atoms with Crippen molar-refractivity contribution in [3.63, 3.8) is 0 Å². The summed E-state index contributed by atoms with van der Waals surface area (Å²) in [6.07, 6.45) is 0. The van der Waals surface area contributed by atoms with Crippen LogP contribution in [0.2, 0.25) is 0 Å². The van der Waals surface area contributed by atoms with Gasteiger partial charge < -0.3 is 15.4 Å². The van der Waals surface area contributed by atoms with Crippen LogP contribution in [0.1, 0.15) is 5.56 Å². The first-order valence-electron chi connectivity index (χ1n) is 6.57. The van der Waals surface area contributed by atoms with Crippen LogP contribution in [0.25, 0.3) is 0 Å². The average Bonchev–Trinajstić information content (AvgIpc) is 2.55. The van der Waals surface area contributed by atoms with Crippen molar-refractivity contribution in [3.05, 3.63) is 58.6 Å². The molecule has 0 aliphatic rings. The van der Waals surface area contributed by atoms with E-state index < -0.39 is 11.8 Å². The maximum atomic E-state index is 11.8. The highest BCUT2D eigenvalue weighted by atomic mass is 79.9. The van der Waals surface area contributed by atoms with Crippen molar-refractivity contribution < 1.29 is 14.3 Å². The number of halogens is 1. The van der Waals surface area contributed by atoms with Crippen LogP contribution in [0.15, 0.2) is 53.0 Å². The normalized spacial score (nSPS) is 9.91. The van der Waals surface area contributed by atoms with E-state index in [-0.39, 0.29) is 6.54 Å². The lowest BCUT2D eigenvalue weighted by Crippen LogP contribution is -2.35. The second-order valence-electron chi connectivity index (χ2n) is 4.46. The molecule has 2 rings (SSSR count).